The maximum Gasteiger partial charge on any atom is 2.00 e. The van der Waals surface area contributed by atoms with E-state index in [9.17, 15) is 0 Å². The van der Waals surface area contributed by atoms with Gasteiger partial charge in [0.25, 0.3) is 0 Å². The summed E-state index contributed by atoms with van der Waals surface area (Å²) in [6.45, 7) is 1.87. The number of hydrogen-bond donors (Lipinski definition) is 1. The number of nitrogens with zero attached hydrogens (tertiary/aromatic N) is 1. The van der Waals surface area contributed by atoms with Crippen molar-refractivity contribution in [1.29, 1.82) is 0 Å². The first kappa shape index (κ1) is 14.6. The van der Waals surface area contributed by atoms with E-state index in [0.717, 1.165) is 17.7 Å². The van der Waals surface area contributed by atoms with Gasteiger partial charge in [-0.25, -0.2) is 5.70 Å². The molecule has 1 rings (SSSR count). The van der Waals surface area contributed by atoms with Gasteiger partial charge in [-0.15, -0.1) is 29.8 Å². The zero-order valence-corrected chi connectivity index (χ0v) is 12.9. The minimum absolute atomic E-state index is 0. The summed E-state index contributed by atoms with van der Waals surface area (Å²) in [4.78, 5) is 4.10. The molecule has 1 aromatic carbocycles. The molecule has 15 heavy (non-hydrogen) atoms. The number of aliphatic hydroxyl groups excluding tert-OH is 1. The van der Waals surface area contributed by atoms with Crippen molar-refractivity contribution in [3.8, 4) is 0 Å². The fourth-order valence-electron chi connectivity index (χ4n) is 0.980. The first-order valence-electron chi connectivity index (χ1n) is 4.59. The van der Waals surface area contributed by atoms with Crippen LogP contribution in [0.1, 0.15) is 18.9 Å². The van der Waals surface area contributed by atoms with Crippen LogP contribution >= 0.6 is 0 Å². The van der Waals surface area contributed by atoms with Crippen molar-refractivity contribution in [2.24, 2.45) is 4.99 Å². The number of hydrogen-bond acceptors (Lipinski definition) is 2. The van der Waals surface area contributed by atoms with Crippen LogP contribution in [-0.2, 0) is 0 Å². The minimum atomic E-state index is -0.0941. The largest absolute Gasteiger partial charge is 2.00 e. The molecular weight excluding hydrogens is 412 g/mol. The topological polar surface area (TPSA) is 32.6 Å². The molecule has 0 radical (unpaired) electrons. The zero-order valence-electron chi connectivity index (χ0n) is 8.70. The quantitative estimate of drug-likeness (QED) is 0.582. The second kappa shape index (κ2) is 8.91. The van der Waals surface area contributed by atoms with E-state index >= 15 is 0 Å². The van der Waals surface area contributed by atoms with Crippen molar-refractivity contribution in [2.45, 2.75) is 13.3 Å². The summed E-state index contributed by atoms with van der Waals surface area (Å²) in [5, 5.41) is 8.65. The van der Waals surface area contributed by atoms with Gasteiger partial charge < -0.3 is 16.2 Å². The van der Waals surface area contributed by atoms with Gasteiger partial charge in [0.1, 0.15) is 0 Å². The van der Waals surface area contributed by atoms with Crippen molar-refractivity contribution >= 4 is 6.21 Å². The Hall–Kier alpha value is -0.358. The summed E-state index contributed by atoms with van der Waals surface area (Å²) in [5.41, 5.74) is 1.66. The smallest absolute Gasteiger partial charge is 0.501 e. The fraction of sp³-hybridized carbons (Fsp3) is 0.250. The van der Waals surface area contributed by atoms with Crippen molar-refractivity contribution in [3.63, 3.8) is 0 Å². The summed E-state index contributed by atoms with van der Waals surface area (Å²) in [6.07, 6.45) is 6.39. The van der Waals surface area contributed by atoms with Crippen LogP contribution in [0.3, 0.4) is 0 Å². The van der Waals surface area contributed by atoms with Gasteiger partial charge in [0.2, 0.25) is 0 Å². The third kappa shape index (κ3) is 5.94. The Labute approximate surface area is 115 Å². The van der Waals surface area contributed by atoms with E-state index in [-0.39, 0.29) is 37.7 Å². The SMILES string of the molecule is CCC(=[C-]CO)N=[C-]c1ccccc1.[U+2]. The normalized spacial score (nSPS) is 11.5. The molecule has 3 heteroatoms. The van der Waals surface area contributed by atoms with Gasteiger partial charge in [-0.3, -0.25) is 0 Å². The van der Waals surface area contributed by atoms with Crippen LogP contribution in [0.4, 0.5) is 0 Å². The number of allylic oxidation sites excluding steroid dienone is 1. The minimum Gasteiger partial charge on any atom is -0.501 e. The Morgan fingerprint density at radius 1 is 1.33 bits per heavy atom. The fourth-order valence-corrected chi connectivity index (χ4v) is 0.980. The van der Waals surface area contributed by atoms with Crippen LogP contribution < -0.4 is 0 Å². The second-order valence-corrected chi connectivity index (χ2v) is 2.72. The molecule has 76 valence electrons. The molecule has 0 unspecified atom stereocenters. The monoisotopic (exact) mass is 425 g/mol. The Bertz CT molecular complexity index is 320. The maximum absolute atomic E-state index is 8.65. The molecule has 0 spiro atoms. The van der Waals surface area contributed by atoms with E-state index in [1.54, 1.807) is 0 Å². The summed E-state index contributed by atoms with van der Waals surface area (Å²) >= 11 is 0. The maximum atomic E-state index is 8.65. The van der Waals surface area contributed by atoms with E-state index in [1.165, 1.54) is 0 Å². The number of aliphatic hydroxyl groups is 1. The van der Waals surface area contributed by atoms with E-state index in [2.05, 4.69) is 17.3 Å². The number of rotatable bonds is 4. The zero-order chi connectivity index (χ0) is 10.2. The van der Waals surface area contributed by atoms with Crippen LogP contribution in [0.2, 0.25) is 0 Å². The first-order chi connectivity index (χ1) is 6.86. The van der Waals surface area contributed by atoms with E-state index < -0.39 is 0 Å². The Morgan fingerprint density at radius 2 is 2.00 bits per heavy atom. The third-order valence-electron chi connectivity index (χ3n) is 1.71. The molecule has 1 aromatic rings. The third-order valence-corrected chi connectivity index (χ3v) is 1.71. The van der Waals surface area contributed by atoms with Gasteiger partial charge in [0.05, 0.1) is 0 Å². The molecule has 0 saturated heterocycles. The van der Waals surface area contributed by atoms with E-state index in [1.807, 2.05) is 37.3 Å². The summed E-state index contributed by atoms with van der Waals surface area (Å²) in [7, 11) is 0. The molecule has 0 aromatic heterocycles. The Morgan fingerprint density at radius 3 is 2.53 bits per heavy atom. The van der Waals surface area contributed by atoms with Gasteiger partial charge in [-0.1, -0.05) is 26.0 Å². The van der Waals surface area contributed by atoms with Crippen molar-refractivity contribution in [2.75, 3.05) is 6.61 Å². The molecule has 0 aliphatic heterocycles. The molecule has 0 aliphatic rings. The van der Waals surface area contributed by atoms with Crippen molar-refractivity contribution in [3.05, 3.63) is 47.7 Å². The van der Waals surface area contributed by atoms with Gasteiger partial charge in [0, 0.05) is 0 Å². The molecule has 0 bridgehead atoms. The van der Waals surface area contributed by atoms with Crippen LogP contribution in [0.15, 0.2) is 41.0 Å². The predicted octanol–water partition coefficient (Wildman–Crippen LogP) is 2.07. The molecule has 0 heterocycles. The molecule has 0 fully saturated rings. The molecule has 0 saturated carbocycles. The van der Waals surface area contributed by atoms with Crippen LogP contribution in [0, 0.1) is 37.2 Å². The van der Waals surface area contributed by atoms with Gasteiger partial charge in [-0.2, -0.15) is 0 Å². The standard InChI is InChI=1S/C12H13NO.U/c1-2-12(8-9-14)13-10-11-6-4-3-5-7-11;/h3-7,14H,2,9H2,1H3;/q-2;+2. The first-order valence-corrected chi connectivity index (χ1v) is 4.59. The van der Waals surface area contributed by atoms with E-state index in [0.29, 0.717) is 0 Å². The number of aliphatic imine (C=N–C) groups is 1. The summed E-state index contributed by atoms with van der Waals surface area (Å²) in [5.74, 6) is 0. The van der Waals surface area contributed by atoms with Gasteiger partial charge in [-0.05, 0) is 6.21 Å². The average molecular weight is 425 g/mol. The second-order valence-electron chi connectivity index (χ2n) is 2.72. The Balaban J connectivity index is 0.00000196. The van der Waals surface area contributed by atoms with Gasteiger partial charge >= 0.3 is 31.1 Å². The molecule has 2 nitrogen and oxygen atoms in total. The molecule has 0 atom stereocenters. The molecule has 0 amide bonds. The predicted molar refractivity (Wildman–Crippen MR) is 57.1 cm³/mol. The van der Waals surface area contributed by atoms with Crippen LogP contribution in [-0.4, -0.2) is 17.9 Å². The molecular formula is C12H13NOU. The van der Waals surface area contributed by atoms with Crippen LogP contribution in [0.25, 0.3) is 0 Å². The van der Waals surface area contributed by atoms with Gasteiger partial charge in [0.15, 0.2) is 0 Å². The van der Waals surface area contributed by atoms with Crippen LogP contribution in [0.5, 0.6) is 0 Å². The van der Waals surface area contributed by atoms with Crippen molar-refractivity contribution in [1.82, 2.24) is 0 Å². The van der Waals surface area contributed by atoms with Crippen molar-refractivity contribution < 1.29 is 36.2 Å². The van der Waals surface area contributed by atoms with E-state index in [4.69, 9.17) is 5.11 Å². The Kier molecular flexibility index (Phi) is 8.70. The summed E-state index contributed by atoms with van der Waals surface area (Å²) in [6, 6.07) is 9.67. The number of benzene rings is 1. The summed E-state index contributed by atoms with van der Waals surface area (Å²) < 4.78 is 0. The molecule has 0 aliphatic carbocycles. The average Bonchev–Trinajstić information content (AvgIpc) is 2.25. The molecule has 1 N–H and O–H groups in total.